The highest BCUT2D eigenvalue weighted by Crippen LogP contribution is 2.29. The third-order valence-electron chi connectivity index (χ3n) is 1.84. The summed E-state index contributed by atoms with van der Waals surface area (Å²) in [7, 11) is 0. The molecule has 88 valence electrons. The van der Waals surface area contributed by atoms with Crippen LogP contribution in [-0.4, -0.2) is 34.4 Å². The Hall–Kier alpha value is -0.340. The maximum absolute atomic E-state index is 10.8. The Kier molecular flexibility index (Phi) is 4.35. The zero-order valence-electron chi connectivity index (χ0n) is 8.51. The van der Waals surface area contributed by atoms with Crippen LogP contribution in [0.25, 0.3) is 0 Å². The van der Waals surface area contributed by atoms with Gasteiger partial charge < -0.3 is 14.6 Å². The number of hydrogen-bond acceptors (Lipinski definition) is 7. The highest BCUT2D eigenvalue weighted by atomic mass is 32.2. The Morgan fingerprint density at radius 3 is 2.87 bits per heavy atom. The van der Waals surface area contributed by atoms with Crippen molar-refractivity contribution in [2.24, 2.45) is 11.5 Å². The average molecular weight is 236 g/mol. The van der Waals surface area contributed by atoms with Gasteiger partial charge in [0.2, 0.25) is 5.18 Å². The van der Waals surface area contributed by atoms with Crippen molar-refractivity contribution in [1.29, 1.82) is 0 Å². The summed E-state index contributed by atoms with van der Waals surface area (Å²) in [4.78, 5) is 10.8. The smallest absolute Gasteiger partial charge is 0.303 e. The molecule has 7 heteroatoms. The maximum atomic E-state index is 10.8. The first-order valence-electron chi connectivity index (χ1n) is 4.65. The number of ether oxygens (including phenoxy) is 2. The van der Waals surface area contributed by atoms with Crippen LogP contribution in [0.5, 0.6) is 0 Å². The molecule has 0 unspecified atom stereocenters. The lowest BCUT2D eigenvalue weighted by Gasteiger charge is -2.33. The van der Waals surface area contributed by atoms with Gasteiger partial charge in [-0.05, 0) is 12.8 Å². The lowest BCUT2D eigenvalue weighted by atomic mass is 10.2. The minimum absolute atomic E-state index is 0.381. The number of esters is 1. The molecule has 0 bridgehead atoms. The monoisotopic (exact) mass is 236 g/mol. The van der Waals surface area contributed by atoms with E-state index in [1.807, 2.05) is 0 Å². The first kappa shape index (κ1) is 12.7. The highest BCUT2D eigenvalue weighted by Gasteiger charge is 2.34. The van der Waals surface area contributed by atoms with Crippen LogP contribution < -0.4 is 11.5 Å². The highest BCUT2D eigenvalue weighted by molar-refractivity contribution is 8.00. The molecule has 0 aromatic rings. The molecule has 1 aliphatic heterocycles. The number of carbonyl (C=O) groups excluding carboxylic acids is 1. The van der Waals surface area contributed by atoms with Gasteiger partial charge in [-0.25, -0.2) is 0 Å². The van der Waals surface area contributed by atoms with E-state index in [0.717, 1.165) is 18.2 Å². The zero-order valence-corrected chi connectivity index (χ0v) is 9.33. The van der Waals surface area contributed by atoms with Crippen LogP contribution in [0.3, 0.4) is 0 Å². The fraction of sp³-hybridized carbons (Fsp3) is 0.875. The van der Waals surface area contributed by atoms with E-state index in [4.69, 9.17) is 20.9 Å². The largest absolute Gasteiger partial charge is 0.459 e. The number of nitrogens with two attached hydrogens (primary N) is 2. The van der Waals surface area contributed by atoms with Crippen molar-refractivity contribution in [3.63, 3.8) is 0 Å². The molecule has 6 nitrogen and oxygen atoms in total. The van der Waals surface area contributed by atoms with Crippen LogP contribution in [-0.2, 0) is 14.3 Å². The molecule has 0 aliphatic carbocycles. The van der Waals surface area contributed by atoms with E-state index < -0.39 is 16.7 Å². The van der Waals surface area contributed by atoms with Crippen LogP contribution in [0, 0.1) is 0 Å². The molecule has 0 spiro atoms. The fourth-order valence-electron chi connectivity index (χ4n) is 1.35. The SMILES string of the molecule is CC(=O)O[C@H]1CCCO[C@H]1SC(N)(N)O. The molecule has 0 aromatic heterocycles. The van der Waals surface area contributed by atoms with Crippen molar-refractivity contribution in [2.45, 2.75) is 36.5 Å². The normalized spacial score (nSPS) is 27.5. The van der Waals surface area contributed by atoms with Gasteiger partial charge in [-0.3, -0.25) is 16.3 Å². The minimum Gasteiger partial charge on any atom is -0.459 e. The molecule has 0 saturated carbocycles. The first-order chi connectivity index (χ1) is 6.88. The van der Waals surface area contributed by atoms with E-state index in [2.05, 4.69) is 0 Å². The molecule has 1 saturated heterocycles. The number of thioether (sulfide) groups is 1. The summed E-state index contributed by atoms with van der Waals surface area (Å²) < 4.78 is 10.4. The molecule has 15 heavy (non-hydrogen) atoms. The summed E-state index contributed by atoms with van der Waals surface area (Å²) in [5.41, 5.74) is 9.96. The van der Waals surface area contributed by atoms with Gasteiger partial charge >= 0.3 is 5.97 Å². The maximum Gasteiger partial charge on any atom is 0.303 e. The van der Waals surface area contributed by atoms with Crippen LogP contribution in [0.1, 0.15) is 19.8 Å². The van der Waals surface area contributed by atoms with Gasteiger partial charge in [0.15, 0.2) is 0 Å². The molecular weight excluding hydrogens is 220 g/mol. The van der Waals surface area contributed by atoms with Crippen molar-refractivity contribution in [2.75, 3.05) is 6.61 Å². The van der Waals surface area contributed by atoms with Gasteiger partial charge in [0, 0.05) is 13.5 Å². The van der Waals surface area contributed by atoms with Crippen molar-refractivity contribution >= 4 is 17.7 Å². The van der Waals surface area contributed by atoms with Gasteiger partial charge in [0.05, 0.1) is 0 Å². The van der Waals surface area contributed by atoms with Crippen LogP contribution in [0.2, 0.25) is 0 Å². The summed E-state index contributed by atoms with van der Waals surface area (Å²) in [5, 5.41) is 7.35. The average Bonchev–Trinajstić information content (AvgIpc) is 2.05. The Morgan fingerprint density at radius 1 is 1.67 bits per heavy atom. The van der Waals surface area contributed by atoms with E-state index in [9.17, 15) is 9.90 Å². The predicted molar refractivity (Wildman–Crippen MR) is 55.4 cm³/mol. The van der Waals surface area contributed by atoms with E-state index in [0.29, 0.717) is 13.0 Å². The third kappa shape index (κ3) is 4.80. The Bertz CT molecular complexity index is 231. The molecular formula is C8H16N2O4S. The van der Waals surface area contributed by atoms with Crippen LogP contribution >= 0.6 is 11.8 Å². The number of rotatable bonds is 3. The van der Waals surface area contributed by atoms with Crippen molar-refractivity contribution in [1.82, 2.24) is 0 Å². The van der Waals surface area contributed by atoms with Crippen molar-refractivity contribution in [3.8, 4) is 0 Å². The molecule has 5 N–H and O–H groups in total. The summed E-state index contributed by atoms with van der Waals surface area (Å²) in [6, 6.07) is 0. The molecule has 0 amide bonds. The minimum atomic E-state index is -1.87. The topological polar surface area (TPSA) is 108 Å². The van der Waals surface area contributed by atoms with Gasteiger partial charge in [-0.15, -0.1) is 0 Å². The van der Waals surface area contributed by atoms with E-state index in [-0.39, 0.29) is 5.97 Å². The second-order valence-corrected chi connectivity index (χ2v) is 4.75. The fourth-order valence-corrected chi connectivity index (χ4v) is 2.23. The number of hydrogen-bond donors (Lipinski definition) is 3. The van der Waals surface area contributed by atoms with Gasteiger partial charge in [0.1, 0.15) is 11.5 Å². The van der Waals surface area contributed by atoms with Crippen molar-refractivity contribution in [3.05, 3.63) is 0 Å². The summed E-state index contributed by atoms with van der Waals surface area (Å²) in [6.07, 6.45) is 1.09. The summed E-state index contributed by atoms with van der Waals surface area (Å²) in [5.74, 6) is -0.381. The van der Waals surface area contributed by atoms with E-state index in [1.165, 1.54) is 6.92 Å². The quantitative estimate of drug-likeness (QED) is 0.439. The molecule has 0 aromatic carbocycles. The van der Waals surface area contributed by atoms with Gasteiger partial charge in [-0.2, -0.15) is 0 Å². The van der Waals surface area contributed by atoms with Crippen LogP contribution in [0.4, 0.5) is 0 Å². The van der Waals surface area contributed by atoms with E-state index >= 15 is 0 Å². The number of carbonyl (C=O) groups is 1. The summed E-state index contributed by atoms with van der Waals surface area (Å²) >= 11 is 0.839. The standard InChI is InChI=1S/C8H16N2O4S/c1-5(11)14-6-3-2-4-13-7(6)15-8(9,10)12/h6-7,12H,2-4,9-10H2,1H3/t6-,7-/m0/s1. The van der Waals surface area contributed by atoms with Crippen molar-refractivity contribution < 1.29 is 19.4 Å². The third-order valence-corrected chi connectivity index (χ3v) is 2.89. The molecule has 1 fully saturated rings. The van der Waals surface area contributed by atoms with Gasteiger partial charge in [-0.1, -0.05) is 11.8 Å². The first-order valence-corrected chi connectivity index (χ1v) is 5.53. The Morgan fingerprint density at radius 2 is 2.33 bits per heavy atom. The zero-order chi connectivity index (χ0) is 11.5. The second-order valence-electron chi connectivity index (χ2n) is 3.40. The Labute approximate surface area is 92.3 Å². The van der Waals surface area contributed by atoms with E-state index in [1.54, 1.807) is 0 Å². The lowest BCUT2D eigenvalue weighted by Crippen LogP contribution is -2.50. The molecule has 1 rings (SSSR count). The predicted octanol–water partition coefficient (Wildman–Crippen LogP) is -0.691. The van der Waals surface area contributed by atoms with Crippen LogP contribution in [0.15, 0.2) is 0 Å². The lowest BCUT2D eigenvalue weighted by molar-refractivity contribution is -0.154. The molecule has 2 atom stereocenters. The molecule has 0 radical (unpaired) electrons. The summed E-state index contributed by atoms with van der Waals surface area (Å²) in [6.45, 7) is 1.87. The molecule has 1 aliphatic rings. The van der Waals surface area contributed by atoms with Gasteiger partial charge in [0.25, 0.3) is 0 Å². The molecule has 1 heterocycles. The Balaban J connectivity index is 2.53. The number of aliphatic hydroxyl groups is 1. The second kappa shape index (κ2) is 5.13.